The summed E-state index contributed by atoms with van der Waals surface area (Å²) < 4.78 is 106. The average Bonchev–Trinajstić information content (AvgIpc) is 2.78. The summed E-state index contributed by atoms with van der Waals surface area (Å²) in [6.07, 6.45) is 3.25. The monoisotopic (exact) mass is 480 g/mol. The van der Waals surface area contributed by atoms with E-state index in [9.17, 15) is 4.39 Å². The number of allylic oxidation sites excluding steroid dienone is 5. The van der Waals surface area contributed by atoms with Gasteiger partial charge in [-0.25, -0.2) is 13.2 Å². The SMILES string of the molecule is C=CCCc1ccc(-c2ccc3c(c2F)C(F)(F)C(F)(F)C2C3=CC=C(CCC)C2F)cc1F. The van der Waals surface area contributed by atoms with Crippen LogP contribution < -0.4 is 0 Å². The molecule has 180 valence electrons. The molecule has 0 bridgehead atoms. The van der Waals surface area contributed by atoms with Crippen LogP contribution in [0.3, 0.4) is 0 Å². The van der Waals surface area contributed by atoms with Gasteiger partial charge < -0.3 is 0 Å². The minimum absolute atomic E-state index is 0.0132. The van der Waals surface area contributed by atoms with E-state index >= 15 is 26.3 Å². The first-order valence-electron chi connectivity index (χ1n) is 11.1. The minimum Gasteiger partial charge on any atom is -0.242 e. The van der Waals surface area contributed by atoms with Gasteiger partial charge in [0.2, 0.25) is 0 Å². The zero-order chi connectivity index (χ0) is 24.8. The molecule has 0 heterocycles. The molecule has 2 aromatic rings. The molecule has 0 fully saturated rings. The van der Waals surface area contributed by atoms with Gasteiger partial charge in [-0.3, -0.25) is 0 Å². The van der Waals surface area contributed by atoms with E-state index in [0.717, 1.165) is 18.2 Å². The van der Waals surface area contributed by atoms with E-state index in [0.29, 0.717) is 24.8 Å². The molecule has 0 N–H and O–H groups in total. The van der Waals surface area contributed by atoms with Crippen molar-refractivity contribution in [3.05, 3.63) is 89.0 Å². The van der Waals surface area contributed by atoms with E-state index in [1.807, 2.05) is 0 Å². The van der Waals surface area contributed by atoms with Gasteiger partial charge in [0.15, 0.2) is 0 Å². The number of fused-ring (bicyclic) bond motifs is 3. The van der Waals surface area contributed by atoms with Gasteiger partial charge in [-0.05, 0) is 53.2 Å². The molecular weight excluding hydrogens is 457 g/mol. The summed E-state index contributed by atoms with van der Waals surface area (Å²) >= 11 is 0. The highest BCUT2D eigenvalue weighted by Crippen LogP contribution is 2.61. The molecule has 2 aromatic carbocycles. The predicted molar refractivity (Wildman–Crippen MR) is 119 cm³/mol. The van der Waals surface area contributed by atoms with Crippen LogP contribution in [0, 0.1) is 17.6 Å². The van der Waals surface area contributed by atoms with Crippen LogP contribution in [0.15, 0.2) is 60.7 Å². The third kappa shape index (κ3) is 3.60. The van der Waals surface area contributed by atoms with Crippen molar-refractivity contribution in [2.45, 2.75) is 50.6 Å². The van der Waals surface area contributed by atoms with Gasteiger partial charge >= 0.3 is 11.8 Å². The van der Waals surface area contributed by atoms with Crippen molar-refractivity contribution in [3.8, 4) is 11.1 Å². The van der Waals surface area contributed by atoms with Crippen molar-refractivity contribution in [2.75, 3.05) is 0 Å². The first-order chi connectivity index (χ1) is 16.1. The minimum atomic E-state index is -4.97. The lowest BCUT2D eigenvalue weighted by atomic mass is 9.68. The summed E-state index contributed by atoms with van der Waals surface area (Å²) in [5.74, 6) is -14.5. The summed E-state index contributed by atoms with van der Waals surface area (Å²) in [5, 5.41) is 0. The molecule has 0 nitrogen and oxygen atoms in total. The summed E-state index contributed by atoms with van der Waals surface area (Å²) in [5.41, 5.74) is -2.47. The van der Waals surface area contributed by atoms with E-state index in [1.54, 1.807) is 13.0 Å². The molecule has 0 aliphatic heterocycles. The van der Waals surface area contributed by atoms with E-state index < -0.39 is 52.3 Å². The first-order valence-corrected chi connectivity index (χ1v) is 11.1. The number of rotatable bonds is 6. The fourth-order valence-electron chi connectivity index (χ4n) is 4.79. The van der Waals surface area contributed by atoms with Crippen LogP contribution in [0.5, 0.6) is 0 Å². The fourth-order valence-corrected chi connectivity index (χ4v) is 4.79. The normalized spacial score (nSPS) is 22.4. The lowest BCUT2D eigenvalue weighted by Gasteiger charge is -2.43. The highest BCUT2D eigenvalue weighted by Gasteiger charge is 2.69. The number of halogens is 7. The summed E-state index contributed by atoms with van der Waals surface area (Å²) in [7, 11) is 0. The zero-order valence-electron chi connectivity index (χ0n) is 18.5. The number of aryl methyl sites for hydroxylation is 1. The zero-order valence-corrected chi connectivity index (χ0v) is 18.5. The topological polar surface area (TPSA) is 0 Å². The Bertz CT molecular complexity index is 1190. The molecule has 0 radical (unpaired) electrons. The van der Waals surface area contributed by atoms with Crippen molar-refractivity contribution in [1.29, 1.82) is 0 Å². The highest BCUT2D eigenvalue weighted by molar-refractivity contribution is 5.80. The highest BCUT2D eigenvalue weighted by atomic mass is 19.3. The molecule has 2 atom stereocenters. The van der Waals surface area contributed by atoms with Crippen molar-refractivity contribution >= 4 is 5.57 Å². The van der Waals surface area contributed by atoms with Gasteiger partial charge in [-0.2, -0.15) is 17.6 Å². The standard InChI is InChI=1S/C27H23F7/c1-3-5-7-15-8-9-17(14-21(15)28)18-12-13-20-19-11-10-16(6-4-2)24(29)22(19)26(31,32)27(33,34)23(20)25(18)30/h3,8-14,22,24H,1,4-7H2,2H3. The van der Waals surface area contributed by atoms with Gasteiger partial charge in [-0.15, -0.1) is 6.58 Å². The molecule has 2 aliphatic carbocycles. The van der Waals surface area contributed by atoms with E-state index in [4.69, 9.17) is 0 Å². The Balaban J connectivity index is 1.88. The van der Waals surface area contributed by atoms with E-state index in [-0.39, 0.29) is 23.1 Å². The molecule has 2 aliphatic rings. The summed E-state index contributed by atoms with van der Waals surface area (Å²) in [6, 6.07) is 5.97. The van der Waals surface area contributed by atoms with Crippen molar-refractivity contribution in [1.82, 2.24) is 0 Å². The third-order valence-corrected chi connectivity index (χ3v) is 6.56. The number of benzene rings is 2. The fraction of sp³-hybridized carbons (Fsp3) is 0.333. The first kappa shape index (κ1) is 24.3. The smallest absolute Gasteiger partial charge is 0.242 e. The second-order valence-corrected chi connectivity index (χ2v) is 8.67. The summed E-state index contributed by atoms with van der Waals surface area (Å²) in [6.45, 7) is 5.28. The van der Waals surface area contributed by atoms with Gasteiger partial charge in [0.1, 0.15) is 17.8 Å². The number of hydrogen-bond acceptors (Lipinski definition) is 0. The quantitative estimate of drug-likeness (QED) is 0.287. The molecule has 0 amide bonds. The second kappa shape index (κ2) is 8.75. The Labute approximate surface area is 193 Å². The van der Waals surface area contributed by atoms with Gasteiger partial charge in [0.25, 0.3) is 0 Å². The van der Waals surface area contributed by atoms with Gasteiger partial charge in [0, 0.05) is 5.56 Å². The predicted octanol–water partition coefficient (Wildman–Crippen LogP) is 8.57. The molecule has 0 saturated carbocycles. The third-order valence-electron chi connectivity index (χ3n) is 6.56. The Kier molecular flexibility index (Phi) is 6.25. The van der Waals surface area contributed by atoms with Crippen LogP contribution in [0.1, 0.15) is 42.9 Å². The van der Waals surface area contributed by atoms with Crippen molar-refractivity contribution in [3.63, 3.8) is 0 Å². The molecule has 0 saturated heterocycles. The van der Waals surface area contributed by atoms with Crippen molar-refractivity contribution < 1.29 is 30.7 Å². The van der Waals surface area contributed by atoms with Crippen molar-refractivity contribution in [2.24, 2.45) is 5.92 Å². The van der Waals surface area contributed by atoms with Crippen LogP contribution in [0.25, 0.3) is 16.7 Å². The Morgan fingerprint density at radius 3 is 2.32 bits per heavy atom. The maximum atomic E-state index is 15.5. The second-order valence-electron chi connectivity index (χ2n) is 8.67. The number of alkyl halides is 5. The molecule has 2 unspecified atom stereocenters. The van der Waals surface area contributed by atoms with Crippen LogP contribution in [-0.2, 0) is 12.3 Å². The van der Waals surface area contributed by atoms with E-state index in [2.05, 4.69) is 6.58 Å². The van der Waals surface area contributed by atoms with Gasteiger partial charge in [-0.1, -0.05) is 55.8 Å². The lowest BCUT2D eigenvalue weighted by Crippen LogP contribution is -2.53. The molecule has 34 heavy (non-hydrogen) atoms. The van der Waals surface area contributed by atoms with Crippen LogP contribution in [-0.4, -0.2) is 12.1 Å². The maximum absolute atomic E-state index is 15.5. The van der Waals surface area contributed by atoms with Crippen LogP contribution in [0.4, 0.5) is 30.7 Å². The van der Waals surface area contributed by atoms with Crippen LogP contribution in [0.2, 0.25) is 0 Å². The molecule has 0 aromatic heterocycles. The van der Waals surface area contributed by atoms with Crippen LogP contribution >= 0.6 is 0 Å². The molecule has 4 rings (SSSR count). The van der Waals surface area contributed by atoms with E-state index in [1.165, 1.54) is 24.3 Å². The molecular formula is C27H23F7. The Hall–Kier alpha value is -2.83. The largest absolute Gasteiger partial charge is 0.339 e. The average molecular weight is 480 g/mol. The Morgan fingerprint density at radius 1 is 0.971 bits per heavy atom. The maximum Gasteiger partial charge on any atom is 0.339 e. The summed E-state index contributed by atoms with van der Waals surface area (Å²) in [4.78, 5) is 0. The molecule has 0 spiro atoms. The Morgan fingerprint density at radius 2 is 1.68 bits per heavy atom. The lowest BCUT2D eigenvalue weighted by molar-refractivity contribution is -0.245. The van der Waals surface area contributed by atoms with Gasteiger partial charge in [0.05, 0.1) is 11.5 Å². The number of hydrogen-bond donors (Lipinski definition) is 0. The molecule has 7 heteroatoms.